The number of carbonyl (C=O) groups excluding carboxylic acids is 2. The van der Waals surface area contributed by atoms with Crippen molar-refractivity contribution >= 4 is 34.0 Å². The minimum Gasteiger partial charge on any atom is -0.454 e. The Balaban J connectivity index is 1.47. The van der Waals surface area contributed by atoms with Crippen molar-refractivity contribution in [1.29, 1.82) is 0 Å². The van der Waals surface area contributed by atoms with Gasteiger partial charge >= 0.3 is 0 Å². The Hall–Kier alpha value is -2.68. The first-order valence-corrected chi connectivity index (χ1v) is 8.23. The summed E-state index contributed by atoms with van der Waals surface area (Å²) >= 11 is 1.30. The number of nitrogens with zero attached hydrogens (tertiary/aromatic N) is 3. The van der Waals surface area contributed by atoms with Crippen LogP contribution in [-0.4, -0.2) is 35.3 Å². The van der Waals surface area contributed by atoms with Crippen LogP contribution in [0.3, 0.4) is 0 Å². The fourth-order valence-corrected chi connectivity index (χ4v) is 3.34. The lowest BCUT2D eigenvalue weighted by Crippen LogP contribution is -2.28. The quantitative estimate of drug-likeness (QED) is 0.907. The molecular formula is C15H14N4O4S. The summed E-state index contributed by atoms with van der Waals surface area (Å²) in [5.74, 6) is 0.529. The molecule has 1 unspecified atom stereocenters. The number of aryl methyl sites for hydroxylation is 1. The van der Waals surface area contributed by atoms with E-state index in [-0.39, 0.29) is 25.0 Å². The number of carbonyl (C=O) groups is 2. The van der Waals surface area contributed by atoms with Crippen LogP contribution in [0.1, 0.15) is 11.4 Å². The number of amides is 2. The van der Waals surface area contributed by atoms with E-state index in [1.54, 1.807) is 23.1 Å². The van der Waals surface area contributed by atoms with E-state index >= 15 is 0 Å². The molecule has 8 nitrogen and oxygen atoms in total. The number of benzene rings is 1. The first-order valence-electron chi connectivity index (χ1n) is 7.41. The summed E-state index contributed by atoms with van der Waals surface area (Å²) in [6.07, 6.45) is 0.165. The van der Waals surface area contributed by atoms with Gasteiger partial charge in [-0.25, -0.2) is 0 Å². The molecule has 1 atom stereocenters. The van der Waals surface area contributed by atoms with Gasteiger partial charge in [0, 0.05) is 24.7 Å². The molecule has 124 valence electrons. The van der Waals surface area contributed by atoms with Gasteiger partial charge in [-0.1, -0.05) is 11.3 Å². The summed E-state index contributed by atoms with van der Waals surface area (Å²) in [5.41, 5.74) is 0.700. The number of aromatic nitrogens is 2. The topological polar surface area (TPSA) is 93.7 Å². The molecule has 0 aliphatic carbocycles. The van der Waals surface area contributed by atoms with Gasteiger partial charge in [-0.3, -0.25) is 9.59 Å². The molecule has 1 N–H and O–H groups in total. The van der Waals surface area contributed by atoms with Crippen molar-refractivity contribution in [3.63, 3.8) is 0 Å². The molecule has 3 heterocycles. The van der Waals surface area contributed by atoms with Crippen LogP contribution in [0.2, 0.25) is 0 Å². The third-order valence-electron chi connectivity index (χ3n) is 3.92. The summed E-state index contributed by atoms with van der Waals surface area (Å²) in [5, 5.41) is 11.7. The Morgan fingerprint density at radius 3 is 2.96 bits per heavy atom. The van der Waals surface area contributed by atoms with E-state index in [2.05, 4.69) is 15.5 Å². The molecule has 9 heteroatoms. The molecule has 1 saturated heterocycles. The zero-order chi connectivity index (χ0) is 16.7. The van der Waals surface area contributed by atoms with Crippen LogP contribution >= 0.6 is 11.3 Å². The smallest absolute Gasteiger partial charge is 0.231 e. The number of nitrogens with one attached hydrogen (secondary N) is 1. The molecular weight excluding hydrogens is 332 g/mol. The maximum Gasteiger partial charge on any atom is 0.231 e. The van der Waals surface area contributed by atoms with Gasteiger partial charge in [-0.2, -0.15) is 0 Å². The lowest BCUT2D eigenvalue weighted by atomic mass is 10.1. The highest BCUT2D eigenvalue weighted by Gasteiger charge is 2.36. The van der Waals surface area contributed by atoms with E-state index in [1.165, 1.54) is 11.3 Å². The van der Waals surface area contributed by atoms with Crippen molar-refractivity contribution in [1.82, 2.24) is 10.2 Å². The van der Waals surface area contributed by atoms with Crippen LogP contribution in [0.15, 0.2) is 18.2 Å². The first kappa shape index (κ1) is 14.9. The second-order valence-corrected chi connectivity index (χ2v) is 6.74. The Labute approximate surface area is 141 Å². The van der Waals surface area contributed by atoms with Gasteiger partial charge in [-0.15, -0.1) is 10.2 Å². The Kier molecular flexibility index (Phi) is 3.57. The second kappa shape index (κ2) is 5.75. The summed E-state index contributed by atoms with van der Waals surface area (Å²) in [7, 11) is 0. The van der Waals surface area contributed by atoms with Gasteiger partial charge in [0.2, 0.25) is 23.7 Å². The van der Waals surface area contributed by atoms with Crippen molar-refractivity contribution in [2.45, 2.75) is 13.3 Å². The Morgan fingerprint density at radius 2 is 2.17 bits per heavy atom. The van der Waals surface area contributed by atoms with Crippen LogP contribution in [0.5, 0.6) is 11.5 Å². The maximum atomic E-state index is 12.3. The summed E-state index contributed by atoms with van der Waals surface area (Å²) in [6, 6.07) is 5.32. The predicted molar refractivity (Wildman–Crippen MR) is 86.3 cm³/mol. The maximum absolute atomic E-state index is 12.3. The summed E-state index contributed by atoms with van der Waals surface area (Å²) in [6.45, 7) is 2.31. The monoisotopic (exact) mass is 346 g/mol. The fourth-order valence-electron chi connectivity index (χ4n) is 2.74. The van der Waals surface area contributed by atoms with Gasteiger partial charge in [0.15, 0.2) is 11.5 Å². The summed E-state index contributed by atoms with van der Waals surface area (Å²) in [4.78, 5) is 26.2. The highest BCUT2D eigenvalue weighted by atomic mass is 32.1. The fraction of sp³-hybridized carbons (Fsp3) is 0.333. The average molecular weight is 346 g/mol. The van der Waals surface area contributed by atoms with Gasteiger partial charge in [0.25, 0.3) is 0 Å². The van der Waals surface area contributed by atoms with Crippen molar-refractivity contribution in [2.75, 3.05) is 23.6 Å². The predicted octanol–water partition coefficient (Wildman–Crippen LogP) is 1.57. The highest BCUT2D eigenvalue weighted by molar-refractivity contribution is 7.15. The zero-order valence-electron chi connectivity index (χ0n) is 12.8. The van der Waals surface area contributed by atoms with Crippen LogP contribution < -0.4 is 19.7 Å². The van der Waals surface area contributed by atoms with Crippen molar-refractivity contribution < 1.29 is 19.1 Å². The normalized spacial score (nSPS) is 19.0. The van der Waals surface area contributed by atoms with E-state index in [0.717, 1.165) is 5.01 Å². The van der Waals surface area contributed by atoms with E-state index in [0.29, 0.717) is 28.9 Å². The van der Waals surface area contributed by atoms with E-state index in [1.807, 2.05) is 6.92 Å². The molecule has 1 fully saturated rings. The number of ether oxygens (including phenoxy) is 2. The van der Waals surface area contributed by atoms with Crippen molar-refractivity contribution in [2.24, 2.45) is 5.92 Å². The molecule has 0 saturated carbocycles. The van der Waals surface area contributed by atoms with Crippen LogP contribution in [0, 0.1) is 12.8 Å². The summed E-state index contributed by atoms with van der Waals surface area (Å²) < 4.78 is 10.6. The molecule has 2 aromatic rings. The SMILES string of the molecule is Cc1nnc(NC(=O)C2CC(=O)N(c3ccc4c(c3)OCO4)C2)s1. The van der Waals surface area contributed by atoms with Gasteiger partial charge in [0.05, 0.1) is 5.92 Å². The highest BCUT2D eigenvalue weighted by Crippen LogP contribution is 2.37. The lowest BCUT2D eigenvalue weighted by Gasteiger charge is -2.16. The third-order valence-corrected chi connectivity index (χ3v) is 4.67. The first-order chi connectivity index (χ1) is 11.6. The number of anilines is 2. The molecule has 4 rings (SSSR count). The third kappa shape index (κ3) is 2.67. The molecule has 2 aliphatic rings. The van der Waals surface area contributed by atoms with E-state index < -0.39 is 5.92 Å². The Bertz CT molecular complexity index is 822. The molecule has 2 aliphatic heterocycles. The molecule has 0 spiro atoms. The van der Waals surface area contributed by atoms with Crippen LogP contribution in [-0.2, 0) is 9.59 Å². The standard InChI is InChI=1S/C15H14N4O4S/c1-8-17-18-15(24-8)16-14(21)9-4-13(20)19(6-9)10-2-3-11-12(5-10)23-7-22-11/h2-3,5,9H,4,6-7H2,1H3,(H,16,18,21). The zero-order valence-corrected chi connectivity index (χ0v) is 13.6. The minimum atomic E-state index is -0.424. The van der Waals surface area contributed by atoms with Crippen LogP contribution in [0.4, 0.5) is 10.8 Å². The number of hydrogen-bond acceptors (Lipinski definition) is 7. The lowest BCUT2D eigenvalue weighted by molar-refractivity contribution is -0.122. The largest absolute Gasteiger partial charge is 0.454 e. The molecule has 0 radical (unpaired) electrons. The molecule has 24 heavy (non-hydrogen) atoms. The van der Waals surface area contributed by atoms with Crippen LogP contribution in [0.25, 0.3) is 0 Å². The van der Waals surface area contributed by atoms with Gasteiger partial charge < -0.3 is 19.7 Å². The second-order valence-electron chi connectivity index (χ2n) is 5.56. The van der Waals surface area contributed by atoms with E-state index in [9.17, 15) is 9.59 Å². The molecule has 0 bridgehead atoms. The number of rotatable bonds is 3. The minimum absolute atomic E-state index is 0.0949. The molecule has 1 aromatic heterocycles. The van der Waals surface area contributed by atoms with Crippen molar-refractivity contribution in [3.05, 3.63) is 23.2 Å². The number of hydrogen-bond donors (Lipinski definition) is 1. The number of fused-ring (bicyclic) bond motifs is 1. The van der Waals surface area contributed by atoms with E-state index in [4.69, 9.17) is 9.47 Å². The van der Waals surface area contributed by atoms with Crippen molar-refractivity contribution in [3.8, 4) is 11.5 Å². The Morgan fingerprint density at radius 1 is 1.33 bits per heavy atom. The van der Waals surface area contributed by atoms with Gasteiger partial charge in [-0.05, 0) is 19.1 Å². The van der Waals surface area contributed by atoms with Gasteiger partial charge in [0.1, 0.15) is 5.01 Å². The molecule has 1 aromatic carbocycles. The molecule has 2 amide bonds. The average Bonchev–Trinajstić information content (AvgIpc) is 3.26.